The molecule has 0 amide bonds. The van der Waals surface area contributed by atoms with Crippen LogP contribution >= 0.6 is 0 Å². The number of hydrogen-bond donors (Lipinski definition) is 0. The average molecular weight is 218 g/mol. The molecule has 0 saturated heterocycles. The summed E-state index contributed by atoms with van der Waals surface area (Å²) in [6.07, 6.45) is 1.71. The lowest BCUT2D eigenvalue weighted by Gasteiger charge is -2.23. The minimum Gasteiger partial charge on any atom is -0.233 e. The number of rotatable bonds is 1. The monoisotopic (exact) mass is 218 g/mol. The number of hydrogen-bond acceptors (Lipinski definition) is 2. The molecule has 0 bridgehead atoms. The van der Waals surface area contributed by atoms with Gasteiger partial charge in [0.2, 0.25) is 0 Å². The standard InChI is InChI=1S/C14H22N2/c1-8-12-15-10(13(2,3)4)9-11(16-12)14(5,6)7/h8-9H,1H2,2-7H3. The Morgan fingerprint density at radius 3 is 1.56 bits per heavy atom. The Morgan fingerprint density at radius 2 is 1.31 bits per heavy atom. The summed E-state index contributed by atoms with van der Waals surface area (Å²) in [5.74, 6) is 0.720. The van der Waals surface area contributed by atoms with Gasteiger partial charge < -0.3 is 0 Å². The van der Waals surface area contributed by atoms with Gasteiger partial charge in [-0.2, -0.15) is 0 Å². The highest BCUT2D eigenvalue weighted by molar-refractivity contribution is 5.38. The van der Waals surface area contributed by atoms with Gasteiger partial charge in [-0.15, -0.1) is 0 Å². The van der Waals surface area contributed by atoms with Crippen LogP contribution < -0.4 is 0 Å². The van der Waals surface area contributed by atoms with Crippen LogP contribution in [0.5, 0.6) is 0 Å². The molecule has 1 aromatic rings. The molecule has 0 atom stereocenters. The largest absolute Gasteiger partial charge is 0.233 e. The zero-order valence-electron chi connectivity index (χ0n) is 11.3. The maximum absolute atomic E-state index is 4.51. The zero-order chi connectivity index (χ0) is 12.6. The SMILES string of the molecule is C=Cc1nc(C(C)(C)C)cc(C(C)(C)C)n1. The van der Waals surface area contributed by atoms with Crippen molar-refractivity contribution in [1.29, 1.82) is 0 Å². The normalized spacial score (nSPS) is 12.6. The summed E-state index contributed by atoms with van der Waals surface area (Å²) in [7, 11) is 0. The third-order valence-corrected chi connectivity index (χ3v) is 2.46. The second-order valence-electron chi connectivity index (χ2n) is 6.20. The van der Waals surface area contributed by atoms with Crippen LogP contribution in [0.4, 0.5) is 0 Å². The summed E-state index contributed by atoms with van der Waals surface area (Å²) >= 11 is 0. The first-order valence-corrected chi connectivity index (χ1v) is 5.67. The Kier molecular flexibility index (Phi) is 3.22. The first kappa shape index (κ1) is 12.9. The maximum Gasteiger partial charge on any atom is 0.151 e. The molecule has 1 rings (SSSR count). The quantitative estimate of drug-likeness (QED) is 0.718. The van der Waals surface area contributed by atoms with Gasteiger partial charge in [0.05, 0.1) is 11.4 Å². The Morgan fingerprint density at radius 1 is 0.938 bits per heavy atom. The molecular formula is C14H22N2. The van der Waals surface area contributed by atoms with Gasteiger partial charge in [0, 0.05) is 10.8 Å². The molecule has 0 N–H and O–H groups in total. The minimum absolute atomic E-state index is 0.0424. The molecule has 1 heterocycles. The number of aromatic nitrogens is 2. The summed E-state index contributed by atoms with van der Waals surface area (Å²) in [6.45, 7) is 16.7. The summed E-state index contributed by atoms with van der Waals surface area (Å²) in [5.41, 5.74) is 2.23. The Labute approximate surface area is 98.8 Å². The van der Waals surface area contributed by atoms with Crippen molar-refractivity contribution in [2.24, 2.45) is 0 Å². The molecule has 88 valence electrons. The van der Waals surface area contributed by atoms with Gasteiger partial charge in [0.25, 0.3) is 0 Å². The molecule has 0 unspecified atom stereocenters. The van der Waals surface area contributed by atoms with Crippen molar-refractivity contribution < 1.29 is 0 Å². The molecule has 0 radical (unpaired) electrons. The molecule has 0 aliphatic rings. The fraction of sp³-hybridized carbons (Fsp3) is 0.571. The van der Waals surface area contributed by atoms with Gasteiger partial charge in [-0.05, 0) is 12.1 Å². The second-order valence-corrected chi connectivity index (χ2v) is 6.20. The molecule has 2 nitrogen and oxygen atoms in total. The second kappa shape index (κ2) is 4.00. The summed E-state index contributed by atoms with van der Waals surface area (Å²) in [6, 6.07) is 2.10. The van der Waals surface area contributed by atoms with Crippen molar-refractivity contribution >= 4 is 6.08 Å². The molecule has 0 spiro atoms. The van der Waals surface area contributed by atoms with Gasteiger partial charge in [-0.25, -0.2) is 9.97 Å². The van der Waals surface area contributed by atoms with Crippen LogP contribution in [0.25, 0.3) is 6.08 Å². The van der Waals surface area contributed by atoms with E-state index < -0.39 is 0 Å². The third kappa shape index (κ3) is 2.91. The Hall–Kier alpha value is -1.18. The average Bonchev–Trinajstić information content (AvgIpc) is 2.14. The van der Waals surface area contributed by atoms with Gasteiger partial charge >= 0.3 is 0 Å². The Bertz CT molecular complexity index is 360. The minimum atomic E-state index is 0.0424. The van der Waals surface area contributed by atoms with E-state index in [4.69, 9.17) is 0 Å². The predicted octanol–water partition coefficient (Wildman–Crippen LogP) is 3.71. The van der Waals surface area contributed by atoms with Gasteiger partial charge in [-0.1, -0.05) is 48.1 Å². The van der Waals surface area contributed by atoms with E-state index >= 15 is 0 Å². The highest BCUT2D eigenvalue weighted by atomic mass is 14.9. The molecule has 0 aliphatic carbocycles. The maximum atomic E-state index is 4.51. The summed E-state index contributed by atoms with van der Waals surface area (Å²) in [4.78, 5) is 9.02. The predicted molar refractivity (Wildman–Crippen MR) is 69.5 cm³/mol. The van der Waals surface area contributed by atoms with E-state index in [0.29, 0.717) is 0 Å². The molecule has 0 aromatic carbocycles. The van der Waals surface area contributed by atoms with Gasteiger partial charge in [0.15, 0.2) is 5.82 Å². The van der Waals surface area contributed by atoms with Crippen molar-refractivity contribution in [1.82, 2.24) is 9.97 Å². The van der Waals surface area contributed by atoms with Crippen LogP contribution in [0.15, 0.2) is 12.6 Å². The molecular weight excluding hydrogens is 196 g/mol. The Balaban J connectivity index is 3.39. The third-order valence-electron chi connectivity index (χ3n) is 2.46. The molecule has 0 saturated carbocycles. The van der Waals surface area contributed by atoms with Crippen molar-refractivity contribution in [3.63, 3.8) is 0 Å². The van der Waals surface area contributed by atoms with E-state index in [1.54, 1.807) is 6.08 Å². The first-order valence-electron chi connectivity index (χ1n) is 5.67. The summed E-state index contributed by atoms with van der Waals surface area (Å²) in [5, 5.41) is 0. The zero-order valence-corrected chi connectivity index (χ0v) is 11.3. The lowest BCUT2D eigenvalue weighted by Crippen LogP contribution is -2.20. The van der Waals surface area contributed by atoms with Crippen LogP contribution in [0.2, 0.25) is 0 Å². The molecule has 0 aliphatic heterocycles. The van der Waals surface area contributed by atoms with E-state index in [0.717, 1.165) is 17.2 Å². The van der Waals surface area contributed by atoms with Gasteiger partial charge in [0.1, 0.15) is 0 Å². The van der Waals surface area contributed by atoms with Crippen LogP contribution in [0.1, 0.15) is 58.8 Å². The molecule has 2 heteroatoms. The van der Waals surface area contributed by atoms with Crippen molar-refractivity contribution in [2.45, 2.75) is 52.4 Å². The molecule has 16 heavy (non-hydrogen) atoms. The van der Waals surface area contributed by atoms with Crippen molar-refractivity contribution in [3.8, 4) is 0 Å². The summed E-state index contributed by atoms with van der Waals surface area (Å²) < 4.78 is 0. The van der Waals surface area contributed by atoms with Crippen LogP contribution in [-0.2, 0) is 10.8 Å². The first-order chi connectivity index (χ1) is 7.14. The van der Waals surface area contributed by atoms with E-state index in [1.165, 1.54) is 0 Å². The topological polar surface area (TPSA) is 25.8 Å². The smallest absolute Gasteiger partial charge is 0.151 e. The molecule has 1 aromatic heterocycles. The van der Waals surface area contributed by atoms with E-state index in [2.05, 4.69) is 64.2 Å². The highest BCUT2D eigenvalue weighted by Crippen LogP contribution is 2.26. The molecule has 0 fully saturated rings. The lowest BCUT2D eigenvalue weighted by atomic mass is 9.86. The van der Waals surface area contributed by atoms with Crippen molar-refractivity contribution in [2.75, 3.05) is 0 Å². The highest BCUT2D eigenvalue weighted by Gasteiger charge is 2.22. The van der Waals surface area contributed by atoms with Crippen LogP contribution in [0.3, 0.4) is 0 Å². The van der Waals surface area contributed by atoms with Crippen molar-refractivity contribution in [3.05, 3.63) is 29.9 Å². The van der Waals surface area contributed by atoms with Gasteiger partial charge in [-0.3, -0.25) is 0 Å². The fourth-order valence-electron chi connectivity index (χ4n) is 1.33. The van der Waals surface area contributed by atoms with E-state index in [1.807, 2.05) is 0 Å². The van der Waals surface area contributed by atoms with E-state index in [-0.39, 0.29) is 10.8 Å². The lowest BCUT2D eigenvalue weighted by molar-refractivity contribution is 0.536. The number of nitrogens with zero attached hydrogens (tertiary/aromatic N) is 2. The van der Waals surface area contributed by atoms with E-state index in [9.17, 15) is 0 Å². The van der Waals surface area contributed by atoms with Crippen LogP contribution in [0, 0.1) is 0 Å². The fourth-order valence-corrected chi connectivity index (χ4v) is 1.33. The van der Waals surface area contributed by atoms with Crippen LogP contribution in [-0.4, -0.2) is 9.97 Å².